The summed E-state index contributed by atoms with van der Waals surface area (Å²) in [5.41, 5.74) is 2.35. The highest BCUT2D eigenvalue weighted by Gasteiger charge is 2.15. The van der Waals surface area contributed by atoms with Crippen molar-refractivity contribution in [2.75, 3.05) is 25.0 Å². The molecule has 0 bridgehead atoms. The molecule has 0 atom stereocenters. The molecule has 21 heavy (non-hydrogen) atoms. The van der Waals surface area contributed by atoms with Gasteiger partial charge in [-0.2, -0.15) is 0 Å². The van der Waals surface area contributed by atoms with Crippen LogP contribution in [0, 0.1) is 6.92 Å². The minimum Gasteiger partial charge on any atom is -0.362 e. The average molecular weight is 302 g/mol. The van der Waals surface area contributed by atoms with Crippen LogP contribution in [0.5, 0.6) is 0 Å². The Bertz CT molecular complexity index is 579. The third-order valence-electron chi connectivity index (χ3n) is 3.60. The summed E-state index contributed by atoms with van der Waals surface area (Å²) in [6.45, 7) is 6.09. The third kappa shape index (κ3) is 4.08. The number of hydrogen-bond donors (Lipinski definition) is 0. The second kappa shape index (κ2) is 7.27. The number of carbonyl (C=O) groups excluding carboxylic acids is 1. The number of aryl methyl sites for hydroxylation is 1. The van der Waals surface area contributed by atoms with Gasteiger partial charge in [0.25, 0.3) is 0 Å². The van der Waals surface area contributed by atoms with Crippen LogP contribution in [0.25, 0.3) is 0 Å². The Hall–Kier alpha value is -1.81. The molecule has 4 heteroatoms. The topological polar surface area (TPSA) is 23.6 Å². The summed E-state index contributed by atoms with van der Waals surface area (Å²) in [5, 5.41) is 2.07. The van der Waals surface area contributed by atoms with Crippen molar-refractivity contribution in [3.8, 4) is 0 Å². The van der Waals surface area contributed by atoms with E-state index in [1.807, 2.05) is 42.3 Å². The minimum absolute atomic E-state index is 0.147. The molecule has 0 aliphatic heterocycles. The number of benzene rings is 1. The maximum Gasteiger partial charge on any atom is 0.242 e. The van der Waals surface area contributed by atoms with E-state index >= 15 is 0 Å². The van der Waals surface area contributed by atoms with Gasteiger partial charge in [-0.25, -0.2) is 0 Å². The predicted molar refractivity (Wildman–Crippen MR) is 89.9 cm³/mol. The summed E-state index contributed by atoms with van der Waals surface area (Å²) in [6, 6.07) is 12.2. The monoisotopic (exact) mass is 302 g/mol. The lowest BCUT2D eigenvalue weighted by Crippen LogP contribution is -2.38. The van der Waals surface area contributed by atoms with E-state index in [2.05, 4.69) is 30.2 Å². The van der Waals surface area contributed by atoms with E-state index in [0.717, 1.165) is 12.2 Å². The van der Waals surface area contributed by atoms with Gasteiger partial charge >= 0.3 is 0 Å². The van der Waals surface area contributed by atoms with Gasteiger partial charge in [-0.15, -0.1) is 11.3 Å². The van der Waals surface area contributed by atoms with Crippen LogP contribution < -0.4 is 4.90 Å². The van der Waals surface area contributed by atoms with Gasteiger partial charge < -0.3 is 9.80 Å². The van der Waals surface area contributed by atoms with Crippen molar-refractivity contribution in [3.05, 3.63) is 52.2 Å². The van der Waals surface area contributed by atoms with Crippen molar-refractivity contribution in [2.45, 2.75) is 20.4 Å². The van der Waals surface area contributed by atoms with Crippen molar-refractivity contribution in [2.24, 2.45) is 0 Å². The number of thiophene rings is 1. The molecule has 1 aromatic carbocycles. The number of rotatable bonds is 6. The lowest BCUT2D eigenvalue weighted by Gasteiger charge is -2.25. The maximum atomic E-state index is 12.4. The summed E-state index contributed by atoms with van der Waals surface area (Å²) in [4.78, 5) is 17.6. The van der Waals surface area contributed by atoms with Crippen molar-refractivity contribution >= 4 is 22.9 Å². The summed E-state index contributed by atoms with van der Waals surface area (Å²) in [7, 11) is 1.88. The molecule has 0 saturated carbocycles. The van der Waals surface area contributed by atoms with Crippen LogP contribution in [0.1, 0.15) is 17.4 Å². The number of para-hydroxylation sites is 1. The van der Waals surface area contributed by atoms with E-state index in [4.69, 9.17) is 0 Å². The predicted octanol–water partition coefficient (Wildman–Crippen LogP) is 3.54. The van der Waals surface area contributed by atoms with Gasteiger partial charge in [0.1, 0.15) is 0 Å². The Morgan fingerprint density at radius 2 is 1.90 bits per heavy atom. The zero-order valence-corrected chi connectivity index (χ0v) is 13.7. The fraction of sp³-hybridized carbons (Fsp3) is 0.353. The number of likely N-dealkylation sites (N-methyl/N-ethyl adjacent to an activating group) is 2. The van der Waals surface area contributed by atoms with Crippen LogP contribution >= 0.6 is 11.3 Å². The van der Waals surface area contributed by atoms with E-state index < -0.39 is 0 Å². The quantitative estimate of drug-likeness (QED) is 0.815. The molecule has 0 aliphatic rings. The fourth-order valence-electron chi connectivity index (χ4n) is 2.18. The molecule has 0 fully saturated rings. The molecule has 0 radical (unpaired) electrons. The van der Waals surface area contributed by atoms with Crippen LogP contribution in [-0.2, 0) is 11.3 Å². The molecular weight excluding hydrogens is 280 g/mol. The van der Waals surface area contributed by atoms with Crippen LogP contribution in [0.2, 0.25) is 0 Å². The second-order valence-electron chi connectivity index (χ2n) is 5.13. The molecular formula is C17H22N2OS. The lowest BCUT2D eigenvalue weighted by atomic mass is 10.2. The second-order valence-corrected chi connectivity index (χ2v) is 6.13. The molecule has 2 aromatic rings. The van der Waals surface area contributed by atoms with Gasteiger partial charge in [0.2, 0.25) is 5.91 Å². The molecule has 1 aromatic heterocycles. The Morgan fingerprint density at radius 1 is 1.19 bits per heavy atom. The number of anilines is 1. The van der Waals surface area contributed by atoms with Gasteiger partial charge in [-0.1, -0.05) is 18.2 Å². The summed E-state index contributed by atoms with van der Waals surface area (Å²) in [6.07, 6.45) is 0. The number of amides is 1. The van der Waals surface area contributed by atoms with Crippen molar-refractivity contribution < 1.29 is 4.79 Å². The van der Waals surface area contributed by atoms with Crippen LogP contribution in [-0.4, -0.2) is 30.9 Å². The molecule has 0 saturated heterocycles. The Labute approximate surface area is 130 Å². The summed E-state index contributed by atoms with van der Waals surface area (Å²) < 4.78 is 0. The molecule has 2 rings (SSSR count). The lowest BCUT2D eigenvalue weighted by molar-refractivity contribution is -0.128. The highest BCUT2D eigenvalue weighted by atomic mass is 32.1. The van der Waals surface area contributed by atoms with Gasteiger partial charge in [0.15, 0.2) is 0 Å². The average Bonchev–Trinajstić information content (AvgIpc) is 2.90. The molecule has 112 valence electrons. The highest BCUT2D eigenvalue weighted by molar-refractivity contribution is 7.10. The standard InChI is InChI=1S/C17H22N2OS/c1-4-19(15-8-6-5-7-9-15)13-17(20)18(3)12-16-14(2)10-11-21-16/h5-11H,4,12-13H2,1-3H3. The smallest absolute Gasteiger partial charge is 0.242 e. The third-order valence-corrected chi connectivity index (χ3v) is 4.61. The molecule has 0 unspecified atom stereocenters. The van der Waals surface area contributed by atoms with E-state index in [-0.39, 0.29) is 5.91 Å². The molecule has 0 N–H and O–H groups in total. The maximum absolute atomic E-state index is 12.4. The first-order valence-corrected chi connectivity index (χ1v) is 8.06. The minimum atomic E-state index is 0.147. The first-order chi connectivity index (χ1) is 10.1. The number of carbonyl (C=O) groups is 1. The van der Waals surface area contributed by atoms with Crippen LogP contribution in [0.3, 0.4) is 0 Å². The normalized spacial score (nSPS) is 10.4. The first kappa shape index (κ1) is 15.6. The SMILES string of the molecule is CCN(CC(=O)N(C)Cc1sccc1C)c1ccccc1. The van der Waals surface area contributed by atoms with Crippen LogP contribution in [0.4, 0.5) is 5.69 Å². The van der Waals surface area contributed by atoms with Gasteiger partial charge in [-0.3, -0.25) is 4.79 Å². The van der Waals surface area contributed by atoms with E-state index in [1.165, 1.54) is 10.4 Å². The van der Waals surface area contributed by atoms with Crippen molar-refractivity contribution in [1.29, 1.82) is 0 Å². The van der Waals surface area contributed by atoms with Gasteiger partial charge in [0.05, 0.1) is 13.1 Å². The molecule has 0 aliphatic carbocycles. The molecule has 0 spiro atoms. The number of hydrogen-bond acceptors (Lipinski definition) is 3. The summed E-state index contributed by atoms with van der Waals surface area (Å²) in [5.74, 6) is 0.147. The number of nitrogens with zero attached hydrogens (tertiary/aromatic N) is 2. The Morgan fingerprint density at radius 3 is 2.48 bits per heavy atom. The van der Waals surface area contributed by atoms with E-state index in [0.29, 0.717) is 13.1 Å². The van der Waals surface area contributed by atoms with E-state index in [1.54, 1.807) is 11.3 Å². The molecule has 1 amide bonds. The van der Waals surface area contributed by atoms with Crippen molar-refractivity contribution in [3.63, 3.8) is 0 Å². The Balaban J connectivity index is 1.98. The van der Waals surface area contributed by atoms with Crippen molar-refractivity contribution in [1.82, 2.24) is 4.90 Å². The van der Waals surface area contributed by atoms with Crippen LogP contribution in [0.15, 0.2) is 41.8 Å². The molecule has 3 nitrogen and oxygen atoms in total. The zero-order chi connectivity index (χ0) is 15.2. The Kier molecular flexibility index (Phi) is 5.39. The zero-order valence-electron chi connectivity index (χ0n) is 12.9. The largest absolute Gasteiger partial charge is 0.362 e. The highest BCUT2D eigenvalue weighted by Crippen LogP contribution is 2.18. The molecule has 1 heterocycles. The first-order valence-electron chi connectivity index (χ1n) is 7.18. The summed E-state index contributed by atoms with van der Waals surface area (Å²) >= 11 is 1.71. The van der Waals surface area contributed by atoms with E-state index in [9.17, 15) is 4.79 Å². The van der Waals surface area contributed by atoms with Gasteiger partial charge in [0, 0.05) is 24.2 Å². The fourth-order valence-corrected chi connectivity index (χ4v) is 3.14. The van der Waals surface area contributed by atoms with Gasteiger partial charge in [-0.05, 0) is 43.0 Å².